The average Bonchev–Trinajstić information content (AvgIpc) is 3.26. The molecular weight excluding hydrogens is 356 g/mol. The normalized spacial score (nSPS) is 16.2. The molecule has 0 unspecified atom stereocenters. The first-order valence-electron chi connectivity index (χ1n) is 9.33. The van der Waals surface area contributed by atoms with Gasteiger partial charge in [-0.25, -0.2) is 0 Å². The summed E-state index contributed by atoms with van der Waals surface area (Å²) >= 11 is 0. The summed E-state index contributed by atoms with van der Waals surface area (Å²) in [5.41, 5.74) is 1.77. The van der Waals surface area contributed by atoms with Crippen LogP contribution in [0.1, 0.15) is 18.4 Å². The number of para-hydroxylation sites is 1. The molecule has 0 spiro atoms. The number of pyridine rings is 1. The number of anilines is 1. The number of hydrogen-bond donors (Lipinski definition) is 1. The number of ether oxygens (including phenoxy) is 2. The van der Waals surface area contributed by atoms with Crippen molar-refractivity contribution in [2.45, 2.75) is 25.5 Å². The fourth-order valence-corrected chi connectivity index (χ4v) is 3.50. The fraction of sp³-hybridized carbons (Fsp3) is 0.273. The molecule has 1 N–H and O–H groups in total. The molecule has 1 aromatic heterocycles. The van der Waals surface area contributed by atoms with E-state index in [1.807, 2.05) is 48.5 Å². The van der Waals surface area contributed by atoms with Gasteiger partial charge in [0.1, 0.15) is 11.9 Å². The predicted molar refractivity (Wildman–Crippen MR) is 108 cm³/mol. The number of rotatable bonds is 5. The maximum Gasteiger partial charge on any atom is 0.256 e. The number of nitrogens with one attached hydrogen (secondary N) is 1. The molecule has 0 aliphatic carbocycles. The molecule has 1 saturated heterocycles. The Balaban J connectivity index is 1.73. The summed E-state index contributed by atoms with van der Waals surface area (Å²) in [7, 11) is 1.58. The Hall–Kier alpha value is -3.12. The Bertz CT molecular complexity index is 1050. The highest BCUT2D eigenvalue weighted by molar-refractivity contribution is 5.97. The minimum atomic E-state index is -0.481. The van der Waals surface area contributed by atoms with E-state index in [1.54, 1.807) is 18.1 Å². The summed E-state index contributed by atoms with van der Waals surface area (Å²) in [5.74, 6) is 0.508. The number of aromatic nitrogens is 1. The maximum absolute atomic E-state index is 13.2. The summed E-state index contributed by atoms with van der Waals surface area (Å²) in [5, 5.41) is 0.923. The lowest BCUT2D eigenvalue weighted by Crippen LogP contribution is -2.39. The Morgan fingerprint density at radius 2 is 2.07 bits per heavy atom. The SMILES string of the molecule is COc1cccc(N(Cc2cc3ccccc3[nH]c2=O)C(=O)[C@H]2CCCO2)c1. The quantitative estimate of drug-likeness (QED) is 0.740. The number of nitrogens with zero attached hydrogens (tertiary/aromatic N) is 1. The summed E-state index contributed by atoms with van der Waals surface area (Å²) in [6, 6.07) is 16.7. The van der Waals surface area contributed by atoms with E-state index in [9.17, 15) is 9.59 Å². The van der Waals surface area contributed by atoms with Crippen molar-refractivity contribution in [1.29, 1.82) is 0 Å². The van der Waals surface area contributed by atoms with Gasteiger partial charge < -0.3 is 19.4 Å². The lowest BCUT2D eigenvalue weighted by Gasteiger charge is -2.25. The van der Waals surface area contributed by atoms with E-state index in [4.69, 9.17) is 9.47 Å². The zero-order chi connectivity index (χ0) is 19.5. The van der Waals surface area contributed by atoms with Gasteiger partial charge in [-0.3, -0.25) is 9.59 Å². The molecular formula is C22H22N2O4. The first-order chi connectivity index (χ1) is 13.7. The van der Waals surface area contributed by atoms with Crippen molar-refractivity contribution < 1.29 is 14.3 Å². The van der Waals surface area contributed by atoms with Crippen LogP contribution in [0, 0.1) is 0 Å². The maximum atomic E-state index is 13.2. The third-order valence-corrected chi connectivity index (χ3v) is 4.99. The highest BCUT2D eigenvalue weighted by Gasteiger charge is 2.30. The zero-order valence-electron chi connectivity index (χ0n) is 15.7. The van der Waals surface area contributed by atoms with Gasteiger partial charge in [-0.2, -0.15) is 0 Å². The second-order valence-corrected chi connectivity index (χ2v) is 6.84. The molecule has 144 valence electrons. The Morgan fingerprint density at radius 3 is 2.86 bits per heavy atom. The van der Waals surface area contributed by atoms with Crippen LogP contribution in [0.5, 0.6) is 5.75 Å². The van der Waals surface area contributed by atoms with Gasteiger partial charge in [-0.1, -0.05) is 24.3 Å². The lowest BCUT2D eigenvalue weighted by atomic mass is 10.1. The largest absolute Gasteiger partial charge is 0.497 e. The summed E-state index contributed by atoms with van der Waals surface area (Å²) in [6.07, 6.45) is 1.07. The third-order valence-electron chi connectivity index (χ3n) is 4.99. The van der Waals surface area contributed by atoms with Crippen molar-refractivity contribution in [3.05, 3.63) is 70.5 Å². The van der Waals surface area contributed by atoms with E-state index in [2.05, 4.69) is 4.98 Å². The van der Waals surface area contributed by atoms with E-state index >= 15 is 0 Å². The Morgan fingerprint density at radius 1 is 1.21 bits per heavy atom. The van der Waals surface area contributed by atoms with Crippen LogP contribution in [-0.2, 0) is 16.1 Å². The van der Waals surface area contributed by atoms with E-state index in [0.717, 1.165) is 17.3 Å². The molecule has 0 bridgehead atoms. The highest BCUT2D eigenvalue weighted by Crippen LogP contribution is 2.26. The smallest absolute Gasteiger partial charge is 0.256 e. The number of amides is 1. The molecule has 2 heterocycles. The molecule has 6 nitrogen and oxygen atoms in total. The van der Waals surface area contributed by atoms with Gasteiger partial charge in [-0.15, -0.1) is 0 Å². The van der Waals surface area contributed by atoms with Crippen molar-refractivity contribution in [2.75, 3.05) is 18.6 Å². The number of fused-ring (bicyclic) bond motifs is 1. The number of aromatic amines is 1. The van der Waals surface area contributed by atoms with Crippen LogP contribution in [0.25, 0.3) is 10.9 Å². The van der Waals surface area contributed by atoms with Crippen LogP contribution >= 0.6 is 0 Å². The predicted octanol–water partition coefficient (Wildman–Crippen LogP) is 3.25. The van der Waals surface area contributed by atoms with E-state index in [-0.39, 0.29) is 18.0 Å². The van der Waals surface area contributed by atoms with Crippen LogP contribution < -0.4 is 15.2 Å². The van der Waals surface area contributed by atoms with Crippen LogP contribution in [-0.4, -0.2) is 30.7 Å². The van der Waals surface area contributed by atoms with Gasteiger partial charge in [0, 0.05) is 29.4 Å². The van der Waals surface area contributed by atoms with E-state index < -0.39 is 6.10 Å². The van der Waals surface area contributed by atoms with Gasteiger partial charge in [-0.05, 0) is 42.5 Å². The van der Waals surface area contributed by atoms with E-state index in [0.29, 0.717) is 30.0 Å². The molecule has 0 saturated carbocycles. The average molecular weight is 378 g/mol. The van der Waals surface area contributed by atoms with Crippen molar-refractivity contribution in [3.8, 4) is 5.75 Å². The van der Waals surface area contributed by atoms with Crippen molar-refractivity contribution >= 4 is 22.5 Å². The topological polar surface area (TPSA) is 71.6 Å². The van der Waals surface area contributed by atoms with Crippen molar-refractivity contribution in [3.63, 3.8) is 0 Å². The van der Waals surface area contributed by atoms with Gasteiger partial charge in [0.05, 0.1) is 13.7 Å². The highest BCUT2D eigenvalue weighted by atomic mass is 16.5. The lowest BCUT2D eigenvalue weighted by molar-refractivity contribution is -0.127. The third kappa shape index (κ3) is 3.64. The van der Waals surface area contributed by atoms with Crippen LogP contribution in [0.2, 0.25) is 0 Å². The molecule has 28 heavy (non-hydrogen) atoms. The molecule has 1 amide bonds. The first-order valence-corrected chi connectivity index (χ1v) is 9.33. The second kappa shape index (κ2) is 7.86. The van der Waals surface area contributed by atoms with Crippen LogP contribution in [0.3, 0.4) is 0 Å². The number of benzene rings is 2. The fourth-order valence-electron chi connectivity index (χ4n) is 3.50. The van der Waals surface area contributed by atoms with Gasteiger partial charge in [0.15, 0.2) is 0 Å². The van der Waals surface area contributed by atoms with Crippen LogP contribution in [0.4, 0.5) is 5.69 Å². The summed E-state index contributed by atoms with van der Waals surface area (Å²) < 4.78 is 10.9. The first kappa shape index (κ1) is 18.3. The molecule has 3 aromatic rings. The molecule has 0 radical (unpaired) electrons. The number of H-pyrrole nitrogens is 1. The van der Waals surface area contributed by atoms with Crippen LogP contribution in [0.15, 0.2) is 59.4 Å². The molecule has 1 fully saturated rings. The monoisotopic (exact) mass is 378 g/mol. The number of hydrogen-bond acceptors (Lipinski definition) is 4. The van der Waals surface area contributed by atoms with Gasteiger partial charge in [0.2, 0.25) is 0 Å². The van der Waals surface area contributed by atoms with Gasteiger partial charge in [0.25, 0.3) is 11.5 Å². The summed E-state index contributed by atoms with van der Waals surface area (Å²) in [4.78, 5) is 30.3. The molecule has 1 atom stereocenters. The molecule has 4 rings (SSSR count). The van der Waals surface area contributed by atoms with Gasteiger partial charge >= 0.3 is 0 Å². The Labute approximate surface area is 162 Å². The second-order valence-electron chi connectivity index (χ2n) is 6.84. The number of carbonyl (C=O) groups is 1. The standard InChI is InChI=1S/C22H22N2O4/c1-27-18-8-4-7-17(13-18)24(22(26)20-10-5-11-28-20)14-16-12-15-6-2-3-9-19(15)23-21(16)25/h2-4,6-9,12-13,20H,5,10-11,14H2,1H3,(H,23,25)/t20-/m1/s1. The molecule has 1 aliphatic rings. The molecule has 2 aromatic carbocycles. The molecule has 6 heteroatoms. The van der Waals surface area contributed by atoms with Crippen molar-refractivity contribution in [1.82, 2.24) is 4.98 Å². The number of methoxy groups -OCH3 is 1. The Kier molecular flexibility index (Phi) is 5.12. The van der Waals surface area contributed by atoms with E-state index in [1.165, 1.54) is 0 Å². The zero-order valence-corrected chi connectivity index (χ0v) is 15.7. The summed E-state index contributed by atoms with van der Waals surface area (Å²) in [6.45, 7) is 0.741. The van der Waals surface area contributed by atoms with Crippen molar-refractivity contribution in [2.24, 2.45) is 0 Å². The molecule has 1 aliphatic heterocycles. The number of carbonyl (C=O) groups excluding carboxylic acids is 1. The minimum absolute atomic E-state index is 0.140. The minimum Gasteiger partial charge on any atom is -0.497 e.